The maximum Gasteiger partial charge on any atom is 0.293 e. The summed E-state index contributed by atoms with van der Waals surface area (Å²) in [5, 5.41) is 21.7. The molecule has 11 heteroatoms. The summed E-state index contributed by atoms with van der Waals surface area (Å²) < 4.78 is 23.0. The van der Waals surface area contributed by atoms with Crippen LogP contribution in [-0.2, 0) is 10.0 Å². The maximum atomic E-state index is 11.5. The van der Waals surface area contributed by atoms with Gasteiger partial charge in [-0.2, -0.15) is 0 Å². The highest BCUT2D eigenvalue weighted by Crippen LogP contribution is 2.30. The summed E-state index contributed by atoms with van der Waals surface area (Å²) in [7, 11) is -1.92. The summed E-state index contributed by atoms with van der Waals surface area (Å²) in [6.45, 7) is 4.22. The van der Waals surface area contributed by atoms with E-state index in [1.807, 2.05) is 11.4 Å². The third kappa shape index (κ3) is 4.86. The summed E-state index contributed by atoms with van der Waals surface area (Å²) >= 11 is 1.65. The number of piperazine rings is 1. The molecule has 1 aliphatic heterocycles. The molecule has 3 rings (SSSR count). The van der Waals surface area contributed by atoms with Gasteiger partial charge in [0.1, 0.15) is 5.69 Å². The topological polar surface area (TPSA) is 122 Å². The van der Waals surface area contributed by atoms with E-state index in [2.05, 4.69) is 28.2 Å². The Balaban J connectivity index is 1.82. The summed E-state index contributed by atoms with van der Waals surface area (Å²) in [4.78, 5) is 16.4. The third-order valence-corrected chi connectivity index (χ3v) is 6.72. The van der Waals surface area contributed by atoms with Gasteiger partial charge in [-0.3, -0.25) is 15.0 Å². The number of hydrogen-bond donors (Lipinski definition) is 2. The van der Waals surface area contributed by atoms with Crippen molar-refractivity contribution in [3.63, 3.8) is 0 Å². The molecule has 0 saturated carbocycles. The van der Waals surface area contributed by atoms with Crippen LogP contribution < -0.4 is 10.5 Å². The molecule has 1 unspecified atom stereocenters. The summed E-state index contributed by atoms with van der Waals surface area (Å²) in [6, 6.07) is 7.80. The van der Waals surface area contributed by atoms with E-state index in [4.69, 9.17) is 5.14 Å². The number of nitro benzene ring substituents is 1. The molecule has 28 heavy (non-hydrogen) atoms. The zero-order chi connectivity index (χ0) is 20.3. The van der Waals surface area contributed by atoms with Gasteiger partial charge in [0, 0.05) is 43.7 Å². The van der Waals surface area contributed by atoms with Gasteiger partial charge in [0.25, 0.3) is 5.69 Å². The van der Waals surface area contributed by atoms with Crippen molar-refractivity contribution in [2.45, 2.75) is 10.9 Å². The smallest absolute Gasteiger partial charge is 0.293 e. The van der Waals surface area contributed by atoms with Gasteiger partial charge in [-0.15, -0.1) is 11.3 Å². The Hall–Kier alpha value is -2.05. The zero-order valence-electron chi connectivity index (χ0n) is 15.4. The van der Waals surface area contributed by atoms with E-state index in [-0.39, 0.29) is 22.3 Å². The van der Waals surface area contributed by atoms with Crippen LogP contribution in [-0.4, -0.2) is 62.9 Å². The first-order valence-corrected chi connectivity index (χ1v) is 11.2. The van der Waals surface area contributed by atoms with E-state index in [1.54, 1.807) is 11.3 Å². The molecular weight excluding hydrogens is 402 g/mol. The molecule has 1 aliphatic rings. The third-order valence-electron chi connectivity index (χ3n) is 4.83. The number of hydrogen-bond acceptors (Lipinski definition) is 8. The van der Waals surface area contributed by atoms with Gasteiger partial charge in [0.15, 0.2) is 0 Å². The fraction of sp³-hybridized carbons (Fsp3) is 0.412. The number of benzene rings is 1. The van der Waals surface area contributed by atoms with Crippen molar-refractivity contribution in [2.75, 3.05) is 45.1 Å². The Kier molecular flexibility index (Phi) is 6.30. The molecule has 0 aliphatic carbocycles. The second-order valence-corrected chi connectivity index (χ2v) is 9.27. The molecule has 0 spiro atoms. The molecular formula is C17H23N5O4S2. The number of likely N-dealkylation sites (N-methyl/N-ethyl adjacent to an activating group) is 1. The van der Waals surface area contributed by atoms with Crippen LogP contribution >= 0.6 is 11.3 Å². The number of primary sulfonamides is 1. The maximum absolute atomic E-state index is 11.5. The molecule has 2 aromatic rings. The Bertz CT molecular complexity index is 925. The average molecular weight is 426 g/mol. The van der Waals surface area contributed by atoms with Gasteiger partial charge in [-0.25, -0.2) is 13.6 Å². The first-order chi connectivity index (χ1) is 13.3. The van der Waals surface area contributed by atoms with Gasteiger partial charge < -0.3 is 10.2 Å². The molecule has 0 amide bonds. The van der Waals surface area contributed by atoms with Gasteiger partial charge in [0.05, 0.1) is 15.9 Å². The van der Waals surface area contributed by atoms with Crippen molar-refractivity contribution in [1.29, 1.82) is 0 Å². The van der Waals surface area contributed by atoms with E-state index >= 15 is 0 Å². The Morgan fingerprint density at radius 3 is 2.57 bits per heavy atom. The number of anilines is 1. The molecule has 1 atom stereocenters. The number of nitrogens with one attached hydrogen (secondary N) is 1. The number of thiophene rings is 1. The van der Waals surface area contributed by atoms with E-state index < -0.39 is 14.9 Å². The van der Waals surface area contributed by atoms with Crippen molar-refractivity contribution in [1.82, 2.24) is 9.80 Å². The lowest BCUT2D eigenvalue weighted by Crippen LogP contribution is -2.47. The van der Waals surface area contributed by atoms with Crippen LogP contribution in [0.1, 0.15) is 10.9 Å². The molecule has 1 aromatic heterocycles. The number of rotatable bonds is 7. The second kappa shape index (κ2) is 8.53. The SMILES string of the molecule is CN1CCN(C(CNc2ccc(S(N)(=O)=O)cc2[N+](=O)[O-])c2cccs2)CC1. The molecule has 0 bridgehead atoms. The van der Waals surface area contributed by atoms with Gasteiger partial charge in [-0.1, -0.05) is 6.07 Å². The normalized spacial score (nSPS) is 17.4. The number of nitrogens with two attached hydrogens (primary N) is 1. The second-order valence-electron chi connectivity index (χ2n) is 6.73. The van der Waals surface area contributed by atoms with E-state index in [9.17, 15) is 18.5 Å². The fourth-order valence-corrected chi connectivity index (χ4v) is 4.61. The summed E-state index contributed by atoms with van der Waals surface area (Å²) in [6.07, 6.45) is 0. The van der Waals surface area contributed by atoms with E-state index in [0.29, 0.717) is 6.54 Å². The molecule has 3 N–H and O–H groups in total. The Morgan fingerprint density at radius 1 is 1.29 bits per heavy atom. The minimum atomic E-state index is -4.01. The average Bonchev–Trinajstić information content (AvgIpc) is 3.17. The number of sulfonamides is 1. The largest absolute Gasteiger partial charge is 0.378 e. The highest BCUT2D eigenvalue weighted by molar-refractivity contribution is 7.89. The van der Waals surface area contributed by atoms with Crippen LogP contribution in [0.5, 0.6) is 0 Å². The monoisotopic (exact) mass is 425 g/mol. The molecule has 152 valence electrons. The Labute approximate surface area is 168 Å². The first kappa shape index (κ1) is 20.7. The lowest BCUT2D eigenvalue weighted by molar-refractivity contribution is -0.384. The predicted molar refractivity (Wildman–Crippen MR) is 109 cm³/mol. The highest BCUT2D eigenvalue weighted by Gasteiger charge is 2.26. The van der Waals surface area contributed by atoms with Crippen molar-refractivity contribution in [3.05, 3.63) is 50.7 Å². The Morgan fingerprint density at radius 2 is 2.00 bits per heavy atom. The molecule has 0 radical (unpaired) electrons. The first-order valence-electron chi connectivity index (χ1n) is 8.77. The van der Waals surface area contributed by atoms with Crippen LogP contribution in [0.2, 0.25) is 0 Å². The fourth-order valence-electron chi connectivity index (χ4n) is 3.22. The molecule has 1 aromatic carbocycles. The van der Waals surface area contributed by atoms with Crippen LogP contribution in [0.4, 0.5) is 11.4 Å². The highest BCUT2D eigenvalue weighted by atomic mass is 32.2. The lowest BCUT2D eigenvalue weighted by atomic mass is 10.1. The van der Waals surface area contributed by atoms with Crippen molar-refractivity contribution in [2.24, 2.45) is 5.14 Å². The molecule has 1 saturated heterocycles. The van der Waals surface area contributed by atoms with Crippen LogP contribution in [0.25, 0.3) is 0 Å². The van der Waals surface area contributed by atoms with Crippen LogP contribution in [0, 0.1) is 10.1 Å². The minimum Gasteiger partial charge on any atom is -0.378 e. The van der Waals surface area contributed by atoms with Crippen molar-refractivity contribution < 1.29 is 13.3 Å². The van der Waals surface area contributed by atoms with Crippen LogP contribution in [0.15, 0.2) is 40.6 Å². The van der Waals surface area contributed by atoms with Gasteiger partial charge in [-0.05, 0) is 30.6 Å². The van der Waals surface area contributed by atoms with Gasteiger partial charge >= 0.3 is 0 Å². The summed E-state index contributed by atoms with van der Waals surface area (Å²) in [5.41, 5.74) is -0.0390. The summed E-state index contributed by atoms with van der Waals surface area (Å²) in [5.74, 6) is 0. The zero-order valence-corrected chi connectivity index (χ0v) is 17.1. The van der Waals surface area contributed by atoms with Gasteiger partial charge in [0.2, 0.25) is 10.0 Å². The van der Waals surface area contributed by atoms with Crippen molar-refractivity contribution in [3.8, 4) is 0 Å². The van der Waals surface area contributed by atoms with Crippen molar-refractivity contribution >= 4 is 32.7 Å². The number of nitrogens with zero attached hydrogens (tertiary/aromatic N) is 3. The minimum absolute atomic E-state index is 0.0752. The molecule has 2 heterocycles. The standard InChI is InChI=1S/C17H23N5O4S2/c1-20-6-8-21(9-7-20)16(17-3-2-10-27-17)12-19-14-5-4-13(28(18,25)26)11-15(14)22(23)24/h2-5,10-11,16,19H,6-9,12H2,1H3,(H2,18,25,26). The van der Waals surface area contributed by atoms with E-state index in [1.165, 1.54) is 17.0 Å². The molecule has 1 fully saturated rings. The van der Waals surface area contributed by atoms with Crippen LogP contribution in [0.3, 0.4) is 0 Å². The quantitative estimate of drug-likeness (QED) is 0.511. The lowest BCUT2D eigenvalue weighted by Gasteiger charge is -2.37. The molecule has 9 nitrogen and oxygen atoms in total. The predicted octanol–water partition coefficient (Wildman–Crippen LogP) is 1.70. The number of nitro groups is 1. The van der Waals surface area contributed by atoms with E-state index in [0.717, 1.165) is 32.2 Å².